The van der Waals surface area contributed by atoms with Crippen LogP contribution in [0.15, 0.2) is 47.4 Å². The third-order valence-electron chi connectivity index (χ3n) is 4.63. The van der Waals surface area contributed by atoms with E-state index in [9.17, 15) is 9.59 Å². The SMILES string of the molecule is Cn1ccc(C(=O)Nc2ccc(-c3nnc4n3CCCC4)cc2)cc1=O. The van der Waals surface area contributed by atoms with Crippen molar-refractivity contribution in [2.75, 3.05) is 5.32 Å². The van der Waals surface area contributed by atoms with Crippen molar-refractivity contribution < 1.29 is 4.79 Å². The summed E-state index contributed by atoms with van der Waals surface area (Å²) >= 11 is 0. The highest BCUT2D eigenvalue weighted by Crippen LogP contribution is 2.24. The summed E-state index contributed by atoms with van der Waals surface area (Å²) in [5, 5.41) is 11.4. The van der Waals surface area contributed by atoms with Gasteiger partial charge < -0.3 is 14.5 Å². The number of amides is 1. The van der Waals surface area contributed by atoms with Gasteiger partial charge >= 0.3 is 0 Å². The molecule has 0 radical (unpaired) electrons. The topological polar surface area (TPSA) is 81.8 Å². The highest BCUT2D eigenvalue weighted by Gasteiger charge is 2.17. The number of rotatable bonds is 3. The fourth-order valence-corrected chi connectivity index (χ4v) is 3.12. The van der Waals surface area contributed by atoms with Crippen LogP contribution in [-0.4, -0.2) is 25.2 Å². The zero-order valence-electron chi connectivity index (χ0n) is 14.5. The van der Waals surface area contributed by atoms with Crippen LogP contribution in [0, 0.1) is 0 Å². The van der Waals surface area contributed by atoms with Gasteiger partial charge in [0.05, 0.1) is 0 Å². The predicted molar refractivity (Wildman–Crippen MR) is 98.0 cm³/mol. The van der Waals surface area contributed by atoms with Gasteiger partial charge in [-0.25, -0.2) is 0 Å². The zero-order valence-corrected chi connectivity index (χ0v) is 14.5. The molecule has 132 valence electrons. The summed E-state index contributed by atoms with van der Waals surface area (Å²) in [6, 6.07) is 10.5. The van der Waals surface area contributed by atoms with Crippen LogP contribution in [0.5, 0.6) is 0 Å². The van der Waals surface area contributed by atoms with Gasteiger partial charge in [0.25, 0.3) is 11.5 Å². The van der Waals surface area contributed by atoms with E-state index in [1.165, 1.54) is 10.6 Å². The molecule has 1 aromatic carbocycles. The summed E-state index contributed by atoms with van der Waals surface area (Å²) in [6.45, 7) is 0.944. The van der Waals surface area contributed by atoms with Crippen molar-refractivity contribution in [3.05, 3.63) is 64.3 Å². The quantitative estimate of drug-likeness (QED) is 0.786. The molecule has 0 bridgehead atoms. The Bertz CT molecular complexity index is 1020. The molecule has 0 fully saturated rings. The van der Waals surface area contributed by atoms with E-state index in [0.29, 0.717) is 11.3 Å². The Kier molecular flexibility index (Phi) is 4.12. The average molecular weight is 349 g/mol. The Morgan fingerprint density at radius 2 is 1.92 bits per heavy atom. The highest BCUT2D eigenvalue weighted by molar-refractivity contribution is 6.04. The number of anilines is 1. The third-order valence-corrected chi connectivity index (χ3v) is 4.63. The van der Waals surface area contributed by atoms with Gasteiger partial charge in [0.1, 0.15) is 5.82 Å². The van der Waals surface area contributed by atoms with Crippen LogP contribution in [0.2, 0.25) is 0 Å². The van der Waals surface area contributed by atoms with Crippen molar-refractivity contribution in [1.29, 1.82) is 0 Å². The Morgan fingerprint density at radius 1 is 1.12 bits per heavy atom. The van der Waals surface area contributed by atoms with Crippen LogP contribution in [0.1, 0.15) is 29.0 Å². The molecule has 0 aliphatic carbocycles. The molecule has 0 unspecified atom stereocenters. The number of nitrogens with zero attached hydrogens (tertiary/aromatic N) is 4. The van der Waals surface area contributed by atoms with E-state index in [1.54, 1.807) is 19.3 Å². The second kappa shape index (κ2) is 6.59. The van der Waals surface area contributed by atoms with Crippen molar-refractivity contribution in [2.45, 2.75) is 25.8 Å². The molecule has 3 aromatic rings. The second-order valence-corrected chi connectivity index (χ2v) is 6.44. The lowest BCUT2D eigenvalue weighted by atomic mass is 10.1. The van der Waals surface area contributed by atoms with Crippen LogP contribution >= 0.6 is 0 Å². The van der Waals surface area contributed by atoms with Crippen LogP contribution in [0.25, 0.3) is 11.4 Å². The van der Waals surface area contributed by atoms with Crippen LogP contribution in [0.4, 0.5) is 5.69 Å². The van der Waals surface area contributed by atoms with Gasteiger partial charge in [0.2, 0.25) is 0 Å². The molecule has 1 aliphatic rings. The van der Waals surface area contributed by atoms with Gasteiger partial charge in [0.15, 0.2) is 5.82 Å². The Labute approximate surface area is 150 Å². The van der Waals surface area contributed by atoms with Gasteiger partial charge in [-0.2, -0.15) is 0 Å². The Morgan fingerprint density at radius 3 is 2.69 bits per heavy atom. The minimum absolute atomic E-state index is 0.218. The first-order chi connectivity index (χ1) is 12.6. The summed E-state index contributed by atoms with van der Waals surface area (Å²) in [5.41, 5.74) is 1.75. The summed E-state index contributed by atoms with van der Waals surface area (Å²) in [6.07, 6.45) is 4.85. The highest BCUT2D eigenvalue weighted by atomic mass is 16.2. The van der Waals surface area contributed by atoms with Crippen molar-refractivity contribution in [2.24, 2.45) is 7.05 Å². The summed E-state index contributed by atoms with van der Waals surface area (Å²) < 4.78 is 3.58. The molecule has 0 saturated heterocycles. The summed E-state index contributed by atoms with van der Waals surface area (Å²) in [7, 11) is 1.64. The molecule has 4 rings (SSSR count). The number of hydrogen-bond acceptors (Lipinski definition) is 4. The number of hydrogen-bond donors (Lipinski definition) is 1. The van der Waals surface area contributed by atoms with Gasteiger partial charge in [-0.1, -0.05) is 0 Å². The van der Waals surface area contributed by atoms with Gasteiger partial charge in [0, 0.05) is 49.1 Å². The van der Waals surface area contributed by atoms with E-state index in [-0.39, 0.29) is 11.5 Å². The molecule has 7 heteroatoms. The first kappa shape index (κ1) is 16.3. The van der Waals surface area contributed by atoms with Crippen molar-refractivity contribution in [1.82, 2.24) is 19.3 Å². The molecular weight excluding hydrogens is 330 g/mol. The second-order valence-electron chi connectivity index (χ2n) is 6.44. The fraction of sp³-hybridized carbons (Fsp3) is 0.263. The standard InChI is InChI=1S/C19H19N5O2/c1-23-11-9-14(12-17(23)25)19(26)20-15-7-5-13(6-8-15)18-22-21-16-4-2-3-10-24(16)18/h5-9,11-12H,2-4,10H2,1H3,(H,20,26). The third kappa shape index (κ3) is 3.03. The van der Waals surface area contributed by atoms with Crippen LogP contribution in [0.3, 0.4) is 0 Å². The molecule has 0 saturated carbocycles. The lowest BCUT2D eigenvalue weighted by molar-refractivity contribution is 0.102. The number of carbonyl (C=O) groups excluding carboxylic acids is 1. The molecule has 0 spiro atoms. The molecule has 3 heterocycles. The maximum Gasteiger partial charge on any atom is 0.255 e. The number of fused-ring (bicyclic) bond motifs is 1. The zero-order chi connectivity index (χ0) is 18.1. The maximum absolute atomic E-state index is 12.3. The lowest BCUT2D eigenvalue weighted by Gasteiger charge is -2.14. The smallest absolute Gasteiger partial charge is 0.255 e. The van der Waals surface area contributed by atoms with Crippen LogP contribution in [-0.2, 0) is 20.0 Å². The van der Waals surface area contributed by atoms with Gasteiger partial charge in [-0.05, 0) is 43.2 Å². The van der Waals surface area contributed by atoms with Crippen molar-refractivity contribution in [3.63, 3.8) is 0 Å². The van der Waals surface area contributed by atoms with Gasteiger partial charge in [-0.3, -0.25) is 9.59 Å². The summed E-state index contributed by atoms with van der Waals surface area (Å²) in [5.74, 6) is 1.59. The van der Waals surface area contributed by atoms with Gasteiger partial charge in [-0.15, -0.1) is 10.2 Å². The molecule has 26 heavy (non-hydrogen) atoms. The molecule has 1 amide bonds. The molecule has 2 aromatic heterocycles. The first-order valence-electron chi connectivity index (χ1n) is 8.62. The van der Waals surface area contributed by atoms with E-state index >= 15 is 0 Å². The predicted octanol–water partition coefficient (Wildman–Crippen LogP) is 2.23. The number of benzene rings is 1. The molecule has 7 nitrogen and oxygen atoms in total. The summed E-state index contributed by atoms with van der Waals surface area (Å²) in [4.78, 5) is 24.0. The average Bonchev–Trinajstić information content (AvgIpc) is 3.09. The normalized spacial score (nSPS) is 13.3. The Hall–Kier alpha value is -3.22. The van der Waals surface area contributed by atoms with E-state index in [4.69, 9.17) is 0 Å². The number of carbonyl (C=O) groups is 1. The van der Waals surface area contributed by atoms with E-state index in [2.05, 4.69) is 20.1 Å². The van der Waals surface area contributed by atoms with E-state index in [0.717, 1.165) is 43.0 Å². The van der Waals surface area contributed by atoms with Crippen molar-refractivity contribution >= 4 is 11.6 Å². The Balaban J connectivity index is 1.53. The molecule has 0 atom stereocenters. The van der Waals surface area contributed by atoms with E-state index in [1.807, 2.05) is 24.3 Å². The number of aryl methyl sites for hydroxylation is 2. The largest absolute Gasteiger partial charge is 0.322 e. The van der Waals surface area contributed by atoms with Crippen molar-refractivity contribution in [3.8, 4) is 11.4 Å². The minimum Gasteiger partial charge on any atom is -0.322 e. The first-order valence-corrected chi connectivity index (χ1v) is 8.62. The fourth-order valence-electron chi connectivity index (χ4n) is 3.12. The minimum atomic E-state index is -0.310. The van der Waals surface area contributed by atoms with E-state index < -0.39 is 0 Å². The number of nitrogens with one attached hydrogen (secondary N) is 1. The molecular formula is C19H19N5O2. The lowest BCUT2D eigenvalue weighted by Crippen LogP contribution is -2.19. The maximum atomic E-state index is 12.3. The van der Waals surface area contributed by atoms with Crippen LogP contribution < -0.4 is 10.9 Å². The number of pyridine rings is 1. The molecule has 1 N–H and O–H groups in total. The number of aromatic nitrogens is 4. The monoisotopic (exact) mass is 349 g/mol. The molecule has 1 aliphatic heterocycles.